The summed E-state index contributed by atoms with van der Waals surface area (Å²) in [5, 5.41) is 3.05. The van der Waals surface area contributed by atoms with Crippen molar-refractivity contribution in [1.29, 1.82) is 0 Å². The summed E-state index contributed by atoms with van der Waals surface area (Å²) in [6.45, 7) is 4.74. The molecule has 0 fully saturated rings. The van der Waals surface area contributed by atoms with Crippen molar-refractivity contribution in [2.75, 3.05) is 13.6 Å². The number of ether oxygens (including phenoxy) is 1. The molecule has 0 heterocycles. The Kier molecular flexibility index (Phi) is 4.56. The molecule has 1 N–H and O–H groups in total. The van der Waals surface area contributed by atoms with Gasteiger partial charge in [-0.15, -0.1) is 0 Å². The minimum absolute atomic E-state index is 0.0931. The average Bonchev–Trinajstić information content (AvgIpc) is 2.22. The second kappa shape index (κ2) is 5.71. The summed E-state index contributed by atoms with van der Waals surface area (Å²) in [7, 11) is 1.88. The van der Waals surface area contributed by atoms with E-state index in [1.807, 2.05) is 14.0 Å². The van der Waals surface area contributed by atoms with Gasteiger partial charge >= 0.3 is 0 Å². The van der Waals surface area contributed by atoms with Gasteiger partial charge in [0.1, 0.15) is 17.7 Å². The third-order valence-corrected chi connectivity index (χ3v) is 2.33. The highest BCUT2D eigenvalue weighted by Gasteiger charge is 2.09. The SMILES string of the molecule is CCC(CNC)Oc1cc(F)ccc1C. The first-order valence-corrected chi connectivity index (χ1v) is 5.24. The molecule has 1 aromatic rings. The third-order valence-electron chi connectivity index (χ3n) is 2.33. The Hall–Kier alpha value is -1.09. The molecule has 15 heavy (non-hydrogen) atoms. The topological polar surface area (TPSA) is 21.3 Å². The molecule has 0 aliphatic carbocycles. The van der Waals surface area contributed by atoms with Crippen LogP contribution in [0.15, 0.2) is 18.2 Å². The maximum Gasteiger partial charge on any atom is 0.126 e. The zero-order chi connectivity index (χ0) is 11.3. The van der Waals surface area contributed by atoms with Crippen LogP contribution in [0.4, 0.5) is 4.39 Å². The van der Waals surface area contributed by atoms with Gasteiger partial charge in [-0.05, 0) is 32.0 Å². The van der Waals surface area contributed by atoms with Gasteiger partial charge in [0.05, 0.1) is 0 Å². The van der Waals surface area contributed by atoms with E-state index in [2.05, 4.69) is 12.2 Å². The van der Waals surface area contributed by atoms with Gasteiger partial charge in [-0.1, -0.05) is 13.0 Å². The van der Waals surface area contributed by atoms with E-state index in [0.717, 1.165) is 18.5 Å². The number of rotatable bonds is 5. The van der Waals surface area contributed by atoms with Gasteiger partial charge in [0, 0.05) is 12.6 Å². The van der Waals surface area contributed by atoms with E-state index in [-0.39, 0.29) is 11.9 Å². The van der Waals surface area contributed by atoms with Crippen LogP contribution in [0.2, 0.25) is 0 Å². The Bertz CT molecular complexity index is 314. The van der Waals surface area contributed by atoms with Crippen LogP contribution in [-0.4, -0.2) is 19.7 Å². The number of hydrogen-bond acceptors (Lipinski definition) is 2. The van der Waals surface area contributed by atoms with Crippen molar-refractivity contribution in [1.82, 2.24) is 5.32 Å². The zero-order valence-corrected chi connectivity index (χ0v) is 9.51. The van der Waals surface area contributed by atoms with Crippen LogP contribution in [0, 0.1) is 12.7 Å². The number of nitrogens with one attached hydrogen (secondary N) is 1. The largest absolute Gasteiger partial charge is 0.489 e. The van der Waals surface area contributed by atoms with E-state index in [4.69, 9.17) is 4.74 Å². The Morgan fingerprint density at radius 2 is 2.20 bits per heavy atom. The maximum absolute atomic E-state index is 13.0. The van der Waals surface area contributed by atoms with Gasteiger partial charge in [0.25, 0.3) is 0 Å². The maximum atomic E-state index is 13.0. The number of halogens is 1. The lowest BCUT2D eigenvalue weighted by atomic mass is 10.2. The molecule has 0 amide bonds. The lowest BCUT2D eigenvalue weighted by molar-refractivity contribution is 0.194. The van der Waals surface area contributed by atoms with Gasteiger partial charge in [0.2, 0.25) is 0 Å². The molecule has 0 aliphatic heterocycles. The Morgan fingerprint density at radius 1 is 1.47 bits per heavy atom. The van der Waals surface area contributed by atoms with Crippen molar-refractivity contribution < 1.29 is 9.13 Å². The molecule has 0 aliphatic rings. The van der Waals surface area contributed by atoms with Crippen LogP contribution in [-0.2, 0) is 0 Å². The zero-order valence-electron chi connectivity index (χ0n) is 9.51. The van der Waals surface area contributed by atoms with Crippen LogP contribution < -0.4 is 10.1 Å². The molecule has 3 heteroatoms. The molecule has 2 nitrogen and oxygen atoms in total. The summed E-state index contributed by atoms with van der Waals surface area (Å²) >= 11 is 0. The van der Waals surface area contributed by atoms with E-state index in [1.165, 1.54) is 12.1 Å². The Balaban J connectivity index is 2.73. The molecular formula is C12H18FNO. The quantitative estimate of drug-likeness (QED) is 0.808. The number of hydrogen-bond donors (Lipinski definition) is 1. The molecule has 0 radical (unpaired) electrons. The van der Waals surface area contributed by atoms with E-state index in [0.29, 0.717) is 5.75 Å². The second-order valence-electron chi connectivity index (χ2n) is 3.62. The standard InChI is InChI=1S/C12H18FNO/c1-4-11(8-14-3)15-12-7-10(13)6-5-9(12)2/h5-7,11,14H,4,8H2,1-3H3. The first kappa shape index (κ1) is 12.0. The molecule has 1 aromatic carbocycles. The fourth-order valence-corrected chi connectivity index (χ4v) is 1.38. The molecule has 0 spiro atoms. The normalized spacial score (nSPS) is 12.5. The van der Waals surface area contributed by atoms with Crippen LogP contribution in [0.5, 0.6) is 5.75 Å². The van der Waals surface area contributed by atoms with Gasteiger partial charge in [-0.2, -0.15) is 0 Å². The lowest BCUT2D eigenvalue weighted by Gasteiger charge is -2.18. The summed E-state index contributed by atoms with van der Waals surface area (Å²) in [6, 6.07) is 4.62. The summed E-state index contributed by atoms with van der Waals surface area (Å²) in [5.41, 5.74) is 0.964. The van der Waals surface area contributed by atoms with Crippen molar-refractivity contribution in [3.05, 3.63) is 29.6 Å². The fourth-order valence-electron chi connectivity index (χ4n) is 1.38. The molecule has 1 atom stereocenters. The highest BCUT2D eigenvalue weighted by atomic mass is 19.1. The van der Waals surface area contributed by atoms with Crippen LogP contribution in [0.25, 0.3) is 0 Å². The van der Waals surface area contributed by atoms with Gasteiger partial charge < -0.3 is 10.1 Å². The molecule has 0 aromatic heterocycles. The summed E-state index contributed by atoms with van der Waals surface area (Å²) in [6.07, 6.45) is 0.993. The lowest BCUT2D eigenvalue weighted by Crippen LogP contribution is -2.28. The highest BCUT2D eigenvalue weighted by Crippen LogP contribution is 2.20. The van der Waals surface area contributed by atoms with Crippen LogP contribution in [0.1, 0.15) is 18.9 Å². The first-order valence-electron chi connectivity index (χ1n) is 5.24. The second-order valence-corrected chi connectivity index (χ2v) is 3.62. The van der Waals surface area contributed by atoms with E-state index >= 15 is 0 Å². The number of aryl methyl sites for hydroxylation is 1. The van der Waals surface area contributed by atoms with Crippen molar-refractivity contribution in [3.8, 4) is 5.75 Å². The molecule has 0 bridgehead atoms. The van der Waals surface area contributed by atoms with Crippen LogP contribution >= 0.6 is 0 Å². The van der Waals surface area contributed by atoms with E-state index in [9.17, 15) is 4.39 Å². The fraction of sp³-hybridized carbons (Fsp3) is 0.500. The molecular weight excluding hydrogens is 193 g/mol. The van der Waals surface area contributed by atoms with Crippen LogP contribution in [0.3, 0.4) is 0 Å². The molecule has 0 saturated heterocycles. The Morgan fingerprint density at radius 3 is 2.80 bits per heavy atom. The molecule has 1 unspecified atom stereocenters. The summed E-state index contributed by atoms with van der Waals surface area (Å²) in [5.74, 6) is 0.381. The predicted molar refractivity (Wildman–Crippen MR) is 59.8 cm³/mol. The van der Waals surface area contributed by atoms with Crippen molar-refractivity contribution in [2.24, 2.45) is 0 Å². The summed E-state index contributed by atoms with van der Waals surface area (Å²) < 4.78 is 18.7. The minimum Gasteiger partial charge on any atom is -0.489 e. The smallest absolute Gasteiger partial charge is 0.126 e. The van der Waals surface area contributed by atoms with Crippen molar-refractivity contribution >= 4 is 0 Å². The van der Waals surface area contributed by atoms with Gasteiger partial charge in [0.15, 0.2) is 0 Å². The number of likely N-dealkylation sites (N-methyl/N-ethyl adjacent to an activating group) is 1. The Labute approximate surface area is 90.4 Å². The molecule has 1 rings (SSSR count). The average molecular weight is 211 g/mol. The molecule has 0 saturated carbocycles. The van der Waals surface area contributed by atoms with Gasteiger partial charge in [-0.25, -0.2) is 4.39 Å². The van der Waals surface area contributed by atoms with E-state index in [1.54, 1.807) is 6.07 Å². The first-order chi connectivity index (χ1) is 7.17. The highest BCUT2D eigenvalue weighted by molar-refractivity contribution is 5.32. The van der Waals surface area contributed by atoms with Crippen molar-refractivity contribution in [2.45, 2.75) is 26.4 Å². The summed E-state index contributed by atoms with van der Waals surface area (Å²) in [4.78, 5) is 0. The van der Waals surface area contributed by atoms with Crippen molar-refractivity contribution in [3.63, 3.8) is 0 Å². The monoisotopic (exact) mass is 211 g/mol. The molecule has 84 valence electrons. The predicted octanol–water partition coefficient (Wildman–Crippen LogP) is 2.51. The van der Waals surface area contributed by atoms with E-state index < -0.39 is 0 Å². The number of benzene rings is 1. The third kappa shape index (κ3) is 3.51. The van der Waals surface area contributed by atoms with Gasteiger partial charge in [-0.3, -0.25) is 0 Å². The minimum atomic E-state index is -0.255.